The Morgan fingerprint density at radius 1 is 0.938 bits per heavy atom. The average Bonchev–Trinajstić information content (AvgIpc) is 2.54. The fraction of sp³-hybridized carbons (Fsp3) is 1.00. The van der Waals surface area contributed by atoms with Gasteiger partial charge in [-0.25, -0.2) is 0 Å². The smallest absolute Gasteiger partial charge is 0.184 e. The molecule has 4 atom stereocenters. The quantitative estimate of drug-likeness (QED) is 0.516. The number of hydrogen-bond donors (Lipinski definition) is 4. The van der Waals surface area contributed by atoms with E-state index < -0.39 is 31.2 Å². The minimum absolute atomic E-state index is 0.407. The van der Waals surface area contributed by atoms with Crippen molar-refractivity contribution in [3.05, 3.63) is 0 Å². The van der Waals surface area contributed by atoms with Crippen LogP contribution in [0.15, 0.2) is 0 Å². The van der Waals surface area contributed by atoms with Crippen molar-refractivity contribution < 1.29 is 25.2 Å². The summed E-state index contributed by atoms with van der Waals surface area (Å²) in [4.78, 5) is 0. The summed E-state index contributed by atoms with van der Waals surface area (Å²) in [5, 5.41) is 35.0. The van der Waals surface area contributed by atoms with Crippen molar-refractivity contribution in [1.82, 2.24) is 0 Å². The van der Waals surface area contributed by atoms with Gasteiger partial charge < -0.3 is 25.2 Å². The van der Waals surface area contributed by atoms with Crippen LogP contribution in [0, 0.1) is 0 Å². The molecule has 4 N–H and O–H groups in total. The molecule has 1 aliphatic heterocycles. The molecule has 1 fully saturated rings. The zero-order chi connectivity index (χ0) is 12.6. The third kappa shape index (κ3) is 5.23. The van der Waals surface area contributed by atoms with Crippen molar-refractivity contribution in [2.45, 2.75) is 64.1 Å². The van der Waals surface area contributed by atoms with Crippen LogP contribution >= 0.6 is 0 Å². The lowest BCUT2D eigenvalue weighted by Gasteiger charge is -2.09. The van der Waals surface area contributed by atoms with Crippen LogP contribution in [0.3, 0.4) is 0 Å². The Labute approximate surface area is 96.7 Å². The van der Waals surface area contributed by atoms with Crippen LogP contribution in [0.2, 0.25) is 0 Å². The van der Waals surface area contributed by atoms with Gasteiger partial charge in [0.1, 0.15) is 18.3 Å². The third-order valence-electron chi connectivity index (χ3n) is 2.47. The van der Waals surface area contributed by atoms with E-state index >= 15 is 0 Å². The van der Waals surface area contributed by atoms with E-state index in [1.165, 1.54) is 25.7 Å². The van der Waals surface area contributed by atoms with Crippen molar-refractivity contribution in [2.75, 3.05) is 6.61 Å². The first-order valence-electron chi connectivity index (χ1n) is 5.88. The Morgan fingerprint density at radius 2 is 1.44 bits per heavy atom. The number of aliphatic hydroxyl groups is 4. The highest BCUT2D eigenvalue weighted by Gasteiger charge is 2.41. The van der Waals surface area contributed by atoms with Crippen molar-refractivity contribution >= 4 is 0 Å². The summed E-state index contributed by atoms with van der Waals surface area (Å²) in [6.45, 7) is 4.06. The van der Waals surface area contributed by atoms with Crippen molar-refractivity contribution in [3.63, 3.8) is 0 Å². The molecule has 0 aromatic carbocycles. The Morgan fingerprint density at radius 3 is 1.62 bits per heavy atom. The van der Waals surface area contributed by atoms with Gasteiger partial charge in [0, 0.05) is 0 Å². The van der Waals surface area contributed by atoms with E-state index in [-0.39, 0.29) is 0 Å². The predicted molar refractivity (Wildman–Crippen MR) is 59.8 cm³/mol. The number of aliphatic hydroxyl groups excluding tert-OH is 4. The van der Waals surface area contributed by atoms with Gasteiger partial charge in [0.25, 0.3) is 0 Å². The van der Waals surface area contributed by atoms with Crippen LogP contribution in [0.4, 0.5) is 0 Å². The van der Waals surface area contributed by atoms with Gasteiger partial charge in [-0.3, -0.25) is 0 Å². The maximum Gasteiger partial charge on any atom is 0.184 e. The lowest BCUT2D eigenvalue weighted by atomic mass is 10.1. The normalized spacial score (nSPS) is 33.4. The van der Waals surface area contributed by atoms with Gasteiger partial charge in [-0.1, -0.05) is 39.5 Å². The van der Waals surface area contributed by atoms with Gasteiger partial charge in [0.15, 0.2) is 6.29 Å². The zero-order valence-electron chi connectivity index (χ0n) is 10.0. The van der Waals surface area contributed by atoms with E-state index in [1.807, 2.05) is 0 Å². The minimum atomic E-state index is -1.38. The van der Waals surface area contributed by atoms with Gasteiger partial charge in [0.2, 0.25) is 0 Å². The summed E-state index contributed by atoms with van der Waals surface area (Å²) >= 11 is 0. The largest absolute Gasteiger partial charge is 0.394 e. The Kier molecular flexibility index (Phi) is 8.78. The molecule has 1 aliphatic rings. The average molecular weight is 236 g/mol. The first-order chi connectivity index (χ1) is 7.58. The Hall–Kier alpha value is -0.200. The Balaban J connectivity index is 0.000000325. The molecule has 1 saturated heterocycles. The summed E-state index contributed by atoms with van der Waals surface area (Å²) in [7, 11) is 0. The van der Waals surface area contributed by atoms with E-state index in [1.54, 1.807) is 0 Å². The molecule has 98 valence electrons. The van der Waals surface area contributed by atoms with E-state index in [2.05, 4.69) is 18.6 Å². The molecule has 1 heterocycles. The summed E-state index contributed by atoms with van der Waals surface area (Å²) in [6.07, 6.45) is 0.781. The van der Waals surface area contributed by atoms with Gasteiger partial charge in [0.05, 0.1) is 6.61 Å². The predicted octanol–water partition coefficient (Wildman–Crippen LogP) is 0.00430. The Bertz CT molecular complexity index is 160. The van der Waals surface area contributed by atoms with E-state index in [9.17, 15) is 0 Å². The van der Waals surface area contributed by atoms with Crippen LogP contribution < -0.4 is 0 Å². The molecule has 5 nitrogen and oxygen atoms in total. The fourth-order valence-electron chi connectivity index (χ4n) is 1.38. The molecule has 0 aliphatic carbocycles. The molecule has 1 rings (SSSR count). The summed E-state index contributed by atoms with van der Waals surface area (Å²) < 4.78 is 4.54. The molecule has 0 amide bonds. The molecular weight excluding hydrogens is 212 g/mol. The van der Waals surface area contributed by atoms with Crippen molar-refractivity contribution in [3.8, 4) is 0 Å². The van der Waals surface area contributed by atoms with Gasteiger partial charge in [-0.05, 0) is 0 Å². The second-order valence-corrected chi connectivity index (χ2v) is 3.94. The molecule has 0 aromatic heterocycles. The summed E-state index contributed by atoms with van der Waals surface area (Å²) in [5.74, 6) is 0. The highest BCUT2D eigenvalue weighted by molar-refractivity contribution is 4.84. The SMILES string of the molecule is CCCCCC.OC[C@H]1OC(O)[C@H](O)[C@@H]1O. The molecule has 0 radical (unpaired) electrons. The highest BCUT2D eigenvalue weighted by Crippen LogP contribution is 2.18. The molecule has 0 spiro atoms. The molecule has 0 bridgehead atoms. The second-order valence-electron chi connectivity index (χ2n) is 3.94. The second kappa shape index (κ2) is 8.90. The molecular formula is C11H24O5. The van der Waals surface area contributed by atoms with Crippen LogP contribution in [0.25, 0.3) is 0 Å². The van der Waals surface area contributed by atoms with Crippen LogP contribution in [0.1, 0.15) is 39.5 Å². The number of ether oxygens (including phenoxy) is 1. The van der Waals surface area contributed by atoms with E-state index in [4.69, 9.17) is 20.4 Å². The van der Waals surface area contributed by atoms with Crippen LogP contribution in [-0.4, -0.2) is 51.6 Å². The van der Waals surface area contributed by atoms with Crippen molar-refractivity contribution in [1.29, 1.82) is 0 Å². The third-order valence-corrected chi connectivity index (χ3v) is 2.47. The summed E-state index contributed by atoms with van der Waals surface area (Å²) in [5.41, 5.74) is 0. The molecule has 0 aromatic rings. The standard InChI is InChI=1S/C6H14.C5H10O5/c1-3-5-6-4-2;6-1-2-3(7)4(8)5(9)10-2/h3-6H2,1-2H3;2-9H,1H2/t;2-,3-,4-,5?/m.1/s1. The molecule has 1 unspecified atom stereocenters. The lowest BCUT2D eigenvalue weighted by molar-refractivity contribution is -0.132. The topological polar surface area (TPSA) is 90.2 Å². The highest BCUT2D eigenvalue weighted by atomic mass is 16.6. The van der Waals surface area contributed by atoms with E-state index in [0.717, 1.165) is 0 Å². The first-order valence-corrected chi connectivity index (χ1v) is 5.88. The van der Waals surface area contributed by atoms with Crippen LogP contribution in [0.5, 0.6) is 0 Å². The van der Waals surface area contributed by atoms with Gasteiger partial charge in [-0.2, -0.15) is 0 Å². The lowest BCUT2D eigenvalue weighted by Crippen LogP contribution is -2.33. The molecule has 5 heteroatoms. The molecule has 0 saturated carbocycles. The fourth-order valence-corrected chi connectivity index (χ4v) is 1.38. The van der Waals surface area contributed by atoms with Crippen molar-refractivity contribution in [2.24, 2.45) is 0 Å². The number of hydrogen-bond acceptors (Lipinski definition) is 5. The summed E-state index contributed by atoms with van der Waals surface area (Å²) in [6, 6.07) is 0. The maximum atomic E-state index is 8.93. The van der Waals surface area contributed by atoms with E-state index in [0.29, 0.717) is 0 Å². The molecule has 16 heavy (non-hydrogen) atoms. The number of rotatable bonds is 4. The van der Waals surface area contributed by atoms with Crippen LogP contribution in [-0.2, 0) is 4.74 Å². The monoisotopic (exact) mass is 236 g/mol. The first kappa shape index (κ1) is 15.8. The minimum Gasteiger partial charge on any atom is -0.394 e. The maximum absolute atomic E-state index is 8.93. The zero-order valence-corrected chi connectivity index (χ0v) is 10.0. The van der Waals surface area contributed by atoms with Gasteiger partial charge in [-0.15, -0.1) is 0 Å². The van der Waals surface area contributed by atoms with Gasteiger partial charge >= 0.3 is 0 Å². The number of unbranched alkanes of at least 4 members (excludes halogenated alkanes) is 3.